The summed E-state index contributed by atoms with van der Waals surface area (Å²) in [4.78, 5) is 33.4. The molecule has 2 aromatic rings. The maximum atomic E-state index is 14.3. The summed E-state index contributed by atoms with van der Waals surface area (Å²) in [5.74, 6) is -0.156. The van der Waals surface area contributed by atoms with E-state index in [1.165, 1.54) is 6.42 Å². The van der Waals surface area contributed by atoms with Crippen LogP contribution in [0.1, 0.15) is 63.5 Å². The molecule has 0 radical (unpaired) electrons. The van der Waals surface area contributed by atoms with Gasteiger partial charge in [-0.2, -0.15) is 0 Å². The summed E-state index contributed by atoms with van der Waals surface area (Å²) in [6, 6.07) is 7.45. The zero-order valence-corrected chi connectivity index (χ0v) is 22.2. The molecule has 1 aromatic carbocycles. The smallest absolute Gasteiger partial charge is 0.238 e. The number of nitrogens with one attached hydrogen (secondary N) is 1. The molecule has 2 heterocycles. The molecule has 0 bridgehead atoms. The van der Waals surface area contributed by atoms with E-state index >= 15 is 0 Å². The molecule has 3 N–H and O–H groups in total. The first-order valence-corrected chi connectivity index (χ1v) is 13.3. The predicted octanol–water partition coefficient (Wildman–Crippen LogP) is 4.73. The van der Waals surface area contributed by atoms with Crippen molar-refractivity contribution in [1.82, 2.24) is 15.2 Å². The molecule has 4 rings (SSSR count). The fraction of sp³-hybridized carbons (Fsp3) is 0.536. The van der Waals surface area contributed by atoms with Crippen LogP contribution >= 0.6 is 11.6 Å². The average molecular weight is 513 g/mol. The van der Waals surface area contributed by atoms with Gasteiger partial charge in [-0.05, 0) is 75.4 Å². The number of carbonyl (C=O) groups is 2. The maximum absolute atomic E-state index is 14.3. The Morgan fingerprint density at radius 3 is 2.58 bits per heavy atom. The Kier molecular flexibility index (Phi) is 8.20. The standard InChI is InChI=1S/C28H37ClN4O3/c1-28(31-2,27(30)35)25(18-8-5-4-6-9-18)26(34)33-13-7-10-23(33)20-14-19(16-32-17-20)22-15-21(29)11-12-24(22)36-3/h11-12,14-18,23,25,31H,4-10,13H2,1-3H3,(H2,30,35)/t23-,25+,28?/m0/s1. The van der Waals surface area contributed by atoms with Crippen molar-refractivity contribution in [3.63, 3.8) is 0 Å². The molecule has 7 nitrogen and oxygen atoms in total. The van der Waals surface area contributed by atoms with E-state index in [4.69, 9.17) is 22.1 Å². The molecular weight excluding hydrogens is 476 g/mol. The number of primary amides is 1. The van der Waals surface area contributed by atoms with Crippen molar-refractivity contribution in [2.24, 2.45) is 17.6 Å². The van der Waals surface area contributed by atoms with Crippen LogP contribution in [0.4, 0.5) is 0 Å². The lowest BCUT2D eigenvalue weighted by atomic mass is 9.69. The van der Waals surface area contributed by atoms with Crippen LogP contribution in [-0.2, 0) is 9.59 Å². The first-order valence-electron chi connectivity index (χ1n) is 12.9. The molecular formula is C28H37ClN4O3. The number of halogens is 1. The molecule has 1 aliphatic carbocycles. The minimum atomic E-state index is -1.11. The van der Waals surface area contributed by atoms with Crippen LogP contribution in [0.15, 0.2) is 36.7 Å². The van der Waals surface area contributed by atoms with Gasteiger partial charge in [0.05, 0.1) is 19.1 Å². The summed E-state index contributed by atoms with van der Waals surface area (Å²) in [6.07, 6.45) is 10.5. The van der Waals surface area contributed by atoms with Crippen LogP contribution in [-0.4, -0.2) is 47.9 Å². The highest BCUT2D eigenvalue weighted by Crippen LogP contribution is 2.42. The number of rotatable bonds is 8. The van der Waals surface area contributed by atoms with Gasteiger partial charge in [0, 0.05) is 35.1 Å². The Bertz CT molecular complexity index is 1100. The molecule has 1 unspecified atom stereocenters. The number of likely N-dealkylation sites (tertiary alicyclic amines) is 1. The number of hydrogen-bond acceptors (Lipinski definition) is 5. The highest BCUT2D eigenvalue weighted by Gasteiger charge is 2.50. The Labute approximate surface area is 218 Å². The van der Waals surface area contributed by atoms with Crippen LogP contribution < -0.4 is 15.8 Å². The van der Waals surface area contributed by atoms with E-state index < -0.39 is 17.4 Å². The van der Waals surface area contributed by atoms with Crippen LogP contribution in [0.5, 0.6) is 5.75 Å². The Hall–Kier alpha value is -2.64. The largest absolute Gasteiger partial charge is 0.496 e. The van der Waals surface area contributed by atoms with E-state index in [0.29, 0.717) is 17.3 Å². The van der Waals surface area contributed by atoms with Crippen molar-refractivity contribution < 1.29 is 14.3 Å². The van der Waals surface area contributed by atoms with Crippen molar-refractivity contribution in [1.29, 1.82) is 0 Å². The number of likely N-dealkylation sites (N-methyl/N-ethyl adjacent to an activating group) is 1. The van der Waals surface area contributed by atoms with Crippen molar-refractivity contribution >= 4 is 23.4 Å². The van der Waals surface area contributed by atoms with Crippen molar-refractivity contribution in [2.75, 3.05) is 20.7 Å². The third-order valence-electron chi connectivity index (χ3n) is 8.19. The Morgan fingerprint density at radius 1 is 1.17 bits per heavy atom. The molecule has 1 aliphatic heterocycles. The second-order valence-corrected chi connectivity index (χ2v) is 10.7. The first kappa shape index (κ1) is 26.4. The van der Waals surface area contributed by atoms with Crippen molar-refractivity contribution in [3.05, 3.63) is 47.2 Å². The number of nitrogens with two attached hydrogens (primary N) is 1. The predicted molar refractivity (Wildman–Crippen MR) is 142 cm³/mol. The molecule has 2 aliphatic rings. The monoisotopic (exact) mass is 512 g/mol. The lowest BCUT2D eigenvalue weighted by Gasteiger charge is -2.43. The third-order valence-corrected chi connectivity index (χ3v) is 8.43. The van der Waals surface area contributed by atoms with Crippen molar-refractivity contribution in [2.45, 2.75) is 63.5 Å². The number of ether oxygens (including phenoxy) is 1. The fourth-order valence-corrected chi connectivity index (χ4v) is 6.24. The lowest BCUT2D eigenvalue weighted by molar-refractivity contribution is -0.147. The summed E-state index contributed by atoms with van der Waals surface area (Å²) in [6.45, 7) is 2.43. The molecule has 1 aromatic heterocycles. The van der Waals surface area contributed by atoms with Crippen LogP contribution in [0.25, 0.3) is 11.1 Å². The molecule has 8 heteroatoms. The number of amides is 2. The highest BCUT2D eigenvalue weighted by atomic mass is 35.5. The molecule has 1 saturated heterocycles. The number of aromatic nitrogens is 1. The van der Waals surface area contributed by atoms with Gasteiger partial charge in [-0.3, -0.25) is 14.6 Å². The maximum Gasteiger partial charge on any atom is 0.238 e. The van der Waals surface area contributed by atoms with Gasteiger partial charge < -0.3 is 20.7 Å². The summed E-state index contributed by atoms with van der Waals surface area (Å²) in [7, 11) is 3.35. The highest BCUT2D eigenvalue weighted by molar-refractivity contribution is 6.31. The number of nitrogens with zero attached hydrogens (tertiary/aromatic N) is 2. The van der Waals surface area contributed by atoms with Crippen LogP contribution in [0.2, 0.25) is 5.02 Å². The lowest BCUT2D eigenvalue weighted by Crippen LogP contribution is -2.63. The minimum absolute atomic E-state index is 0.00536. The van der Waals surface area contributed by atoms with E-state index in [9.17, 15) is 9.59 Å². The molecule has 194 valence electrons. The van der Waals surface area contributed by atoms with Gasteiger partial charge in [-0.1, -0.05) is 30.9 Å². The Morgan fingerprint density at radius 2 is 1.92 bits per heavy atom. The number of hydrogen-bond donors (Lipinski definition) is 2. The summed E-state index contributed by atoms with van der Waals surface area (Å²) < 4.78 is 5.55. The average Bonchev–Trinajstić information content (AvgIpc) is 3.39. The zero-order chi connectivity index (χ0) is 25.9. The van der Waals surface area contributed by atoms with E-state index in [0.717, 1.165) is 55.2 Å². The van der Waals surface area contributed by atoms with Crippen LogP contribution in [0, 0.1) is 11.8 Å². The van der Waals surface area contributed by atoms with Gasteiger partial charge in [-0.15, -0.1) is 0 Å². The zero-order valence-electron chi connectivity index (χ0n) is 21.4. The van der Waals surface area contributed by atoms with Gasteiger partial charge >= 0.3 is 0 Å². The van der Waals surface area contributed by atoms with E-state index in [1.807, 2.05) is 23.2 Å². The van der Waals surface area contributed by atoms with Crippen molar-refractivity contribution in [3.8, 4) is 16.9 Å². The molecule has 2 amide bonds. The number of pyridine rings is 1. The molecule has 3 atom stereocenters. The van der Waals surface area contributed by atoms with E-state index in [2.05, 4.69) is 16.4 Å². The van der Waals surface area contributed by atoms with Gasteiger partial charge in [0.2, 0.25) is 11.8 Å². The normalized spacial score (nSPS) is 21.1. The second kappa shape index (κ2) is 11.2. The van der Waals surface area contributed by atoms with Gasteiger partial charge in [0.1, 0.15) is 11.3 Å². The number of methoxy groups -OCH3 is 1. The fourth-order valence-electron chi connectivity index (χ4n) is 6.07. The SMILES string of the molecule is CNC(C)(C(N)=O)[C@@H](C(=O)N1CCC[C@H]1c1cncc(-c2cc(Cl)ccc2OC)c1)C1CCCCC1. The summed E-state index contributed by atoms with van der Waals surface area (Å²) in [5, 5.41) is 3.74. The van der Waals surface area contributed by atoms with Gasteiger partial charge in [-0.25, -0.2) is 0 Å². The molecule has 1 saturated carbocycles. The second-order valence-electron chi connectivity index (χ2n) is 10.2. The quantitative estimate of drug-likeness (QED) is 0.532. The summed E-state index contributed by atoms with van der Waals surface area (Å²) >= 11 is 6.27. The Balaban J connectivity index is 1.69. The molecule has 0 spiro atoms. The number of carbonyl (C=O) groups excluding carboxylic acids is 2. The number of benzene rings is 1. The minimum Gasteiger partial charge on any atom is -0.496 e. The molecule has 2 fully saturated rings. The third kappa shape index (κ3) is 5.09. The van der Waals surface area contributed by atoms with Gasteiger partial charge in [0.15, 0.2) is 0 Å². The first-order chi connectivity index (χ1) is 17.3. The van der Waals surface area contributed by atoms with E-state index in [-0.39, 0.29) is 17.9 Å². The van der Waals surface area contributed by atoms with E-state index in [1.54, 1.807) is 33.3 Å². The topological polar surface area (TPSA) is 97.5 Å². The molecule has 36 heavy (non-hydrogen) atoms. The van der Waals surface area contributed by atoms with Crippen LogP contribution in [0.3, 0.4) is 0 Å². The summed E-state index contributed by atoms with van der Waals surface area (Å²) in [5.41, 5.74) is 7.48. The van der Waals surface area contributed by atoms with Gasteiger partial charge in [0.25, 0.3) is 0 Å².